The second-order valence-corrected chi connectivity index (χ2v) is 6.97. The molecule has 1 N–H and O–H groups in total. The predicted octanol–water partition coefficient (Wildman–Crippen LogP) is 4.73. The largest absolute Gasteiger partial charge is 0.492 e. The molecule has 3 heteroatoms. The Morgan fingerprint density at radius 2 is 2.11 bits per heavy atom. The summed E-state index contributed by atoms with van der Waals surface area (Å²) in [4.78, 5) is 0. The van der Waals surface area contributed by atoms with E-state index in [1.807, 2.05) is 6.07 Å². The van der Waals surface area contributed by atoms with Crippen molar-refractivity contribution >= 4 is 15.9 Å². The topological polar surface area (TPSA) is 29.5 Å². The Hall–Kier alpha value is -0.540. The molecule has 106 valence electrons. The van der Waals surface area contributed by atoms with Gasteiger partial charge in [-0.3, -0.25) is 0 Å². The summed E-state index contributed by atoms with van der Waals surface area (Å²) in [6, 6.07) is 4.11. The average Bonchev–Trinajstić information content (AvgIpc) is 2.65. The van der Waals surface area contributed by atoms with Gasteiger partial charge in [0, 0.05) is 21.0 Å². The molecule has 1 aromatic rings. The number of hydrogen-bond acceptors (Lipinski definition) is 2. The molecule has 0 amide bonds. The first-order chi connectivity index (χ1) is 8.95. The zero-order valence-electron chi connectivity index (χ0n) is 12.0. The molecular weight excluding hydrogens is 304 g/mol. The molecule has 2 rings (SSSR count). The zero-order chi connectivity index (χ0) is 14.0. The van der Waals surface area contributed by atoms with E-state index in [1.165, 1.54) is 18.4 Å². The maximum absolute atomic E-state index is 10.4. The van der Waals surface area contributed by atoms with E-state index < -0.39 is 6.10 Å². The van der Waals surface area contributed by atoms with Crippen LogP contribution in [-0.2, 0) is 5.41 Å². The number of hydrogen-bond donors (Lipinski definition) is 1. The number of unbranched alkanes of at least 4 members (excludes halogenated alkanes) is 2. The van der Waals surface area contributed by atoms with Crippen LogP contribution in [0.3, 0.4) is 0 Å². The minimum atomic E-state index is -0.424. The van der Waals surface area contributed by atoms with Crippen LogP contribution in [-0.4, -0.2) is 11.7 Å². The van der Waals surface area contributed by atoms with Crippen molar-refractivity contribution in [2.24, 2.45) is 0 Å². The Kier molecular flexibility index (Phi) is 4.57. The van der Waals surface area contributed by atoms with E-state index in [0.29, 0.717) is 6.61 Å². The third-order valence-electron chi connectivity index (χ3n) is 3.83. The van der Waals surface area contributed by atoms with Crippen LogP contribution in [0.4, 0.5) is 0 Å². The monoisotopic (exact) mass is 326 g/mol. The Balaban J connectivity index is 2.27. The van der Waals surface area contributed by atoms with Gasteiger partial charge in [0.2, 0.25) is 0 Å². The molecule has 0 saturated heterocycles. The van der Waals surface area contributed by atoms with Gasteiger partial charge in [-0.2, -0.15) is 0 Å². The number of aliphatic hydroxyl groups is 1. The van der Waals surface area contributed by atoms with E-state index in [0.717, 1.165) is 28.6 Å². The number of halogens is 1. The number of ether oxygens (including phenoxy) is 1. The van der Waals surface area contributed by atoms with Crippen LogP contribution in [0.5, 0.6) is 5.75 Å². The van der Waals surface area contributed by atoms with E-state index >= 15 is 0 Å². The van der Waals surface area contributed by atoms with Crippen LogP contribution >= 0.6 is 15.9 Å². The minimum absolute atomic E-state index is 0.0248. The summed E-state index contributed by atoms with van der Waals surface area (Å²) in [5, 5.41) is 10.4. The van der Waals surface area contributed by atoms with Gasteiger partial charge in [-0.25, -0.2) is 0 Å². The molecule has 0 radical (unpaired) electrons. The van der Waals surface area contributed by atoms with Gasteiger partial charge in [0.05, 0.1) is 12.7 Å². The van der Waals surface area contributed by atoms with E-state index in [2.05, 4.69) is 42.8 Å². The fourth-order valence-corrected chi connectivity index (χ4v) is 3.08. The summed E-state index contributed by atoms with van der Waals surface area (Å²) < 4.78 is 6.87. The Bertz CT molecular complexity index is 454. The number of rotatable bonds is 5. The SMILES string of the molecule is CCCCCC(O)c1cc(Br)cc2c1OCC2(C)C. The van der Waals surface area contributed by atoms with Gasteiger partial charge in [0.15, 0.2) is 0 Å². The first-order valence-electron chi connectivity index (χ1n) is 7.10. The summed E-state index contributed by atoms with van der Waals surface area (Å²) in [5.74, 6) is 0.900. The van der Waals surface area contributed by atoms with E-state index in [4.69, 9.17) is 4.74 Å². The van der Waals surface area contributed by atoms with E-state index in [9.17, 15) is 5.11 Å². The third kappa shape index (κ3) is 3.14. The summed E-state index contributed by atoms with van der Waals surface area (Å²) in [7, 11) is 0. The summed E-state index contributed by atoms with van der Waals surface area (Å²) in [6.45, 7) is 7.22. The molecule has 0 aliphatic carbocycles. The van der Waals surface area contributed by atoms with Crippen LogP contribution < -0.4 is 4.74 Å². The van der Waals surface area contributed by atoms with Gasteiger partial charge >= 0.3 is 0 Å². The molecule has 0 fully saturated rings. The quantitative estimate of drug-likeness (QED) is 0.792. The van der Waals surface area contributed by atoms with Crippen molar-refractivity contribution < 1.29 is 9.84 Å². The molecule has 0 saturated carbocycles. The Morgan fingerprint density at radius 1 is 1.37 bits per heavy atom. The van der Waals surface area contributed by atoms with Gasteiger partial charge in [-0.05, 0) is 18.6 Å². The lowest BCUT2D eigenvalue weighted by molar-refractivity contribution is 0.158. The predicted molar refractivity (Wildman–Crippen MR) is 81.8 cm³/mol. The van der Waals surface area contributed by atoms with Gasteiger partial charge in [-0.1, -0.05) is 56.0 Å². The van der Waals surface area contributed by atoms with Gasteiger partial charge in [-0.15, -0.1) is 0 Å². The van der Waals surface area contributed by atoms with Crippen molar-refractivity contribution in [3.05, 3.63) is 27.7 Å². The normalized spacial score (nSPS) is 17.9. The zero-order valence-corrected chi connectivity index (χ0v) is 13.6. The number of fused-ring (bicyclic) bond motifs is 1. The molecule has 19 heavy (non-hydrogen) atoms. The van der Waals surface area contributed by atoms with Gasteiger partial charge < -0.3 is 9.84 Å². The van der Waals surface area contributed by atoms with Crippen LogP contribution in [0.15, 0.2) is 16.6 Å². The molecule has 1 unspecified atom stereocenters. The molecule has 0 spiro atoms. The molecule has 2 nitrogen and oxygen atoms in total. The molecular formula is C16H23BrO2. The lowest BCUT2D eigenvalue weighted by atomic mass is 9.85. The maximum Gasteiger partial charge on any atom is 0.129 e. The fourth-order valence-electron chi connectivity index (χ4n) is 2.60. The van der Waals surface area contributed by atoms with Gasteiger partial charge in [0.25, 0.3) is 0 Å². The number of aliphatic hydroxyl groups excluding tert-OH is 1. The summed E-state index contributed by atoms with van der Waals surface area (Å²) in [5.41, 5.74) is 2.16. The van der Waals surface area contributed by atoms with Crippen molar-refractivity contribution in [3.8, 4) is 5.75 Å². The van der Waals surface area contributed by atoms with Crippen molar-refractivity contribution in [1.82, 2.24) is 0 Å². The third-order valence-corrected chi connectivity index (χ3v) is 4.29. The fraction of sp³-hybridized carbons (Fsp3) is 0.625. The lowest BCUT2D eigenvalue weighted by Gasteiger charge is -2.18. The first-order valence-corrected chi connectivity index (χ1v) is 7.90. The van der Waals surface area contributed by atoms with Crippen molar-refractivity contribution in [3.63, 3.8) is 0 Å². The van der Waals surface area contributed by atoms with Crippen molar-refractivity contribution in [2.75, 3.05) is 6.61 Å². The highest BCUT2D eigenvalue weighted by molar-refractivity contribution is 9.10. The van der Waals surface area contributed by atoms with Crippen molar-refractivity contribution in [1.29, 1.82) is 0 Å². The Morgan fingerprint density at radius 3 is 2.79 bits per heavy atom. The number of benzene rings is 1. The van der Waals surface area contributed by atoms with Crippen LogP contribution in [0.1, 0.15) is 63.7 Å². The standard InChI is InChI=1S/C16H23BrO2/c1-4-5-6-7-14(18)12-8-11(17)9-13-15(12)19-10-16(13,2)3/h8-9,14,18H,4-7,10H2,1-3H3. The molecule has 1 aliphatic rings. The maximum atomic E-state index is 10.4. The van der Waals surface area contributed by atoms with E-state index in [-0.39, 0.29) is 5.41 Å². The van der Waals surface area contributed by atoms with Crippen LogP contribution in [0, 0.1) is 0 Å². The highest BCUT2D eigenvalue weighted by Crippen LogP contribution is 2.45. The molecule has 1 aromatic carbocycles. The minimum Gasteiger partial charge on any atom is -0.492 e. The molecule has 0 aromatic heterocycles. The van der Waals surface area contributed by atoms with Gasteiger partial charge in [0.1, 0.15) is 5.75 Å². The Labute approximate surface area is 124 Å². The molecule has 1 atom stereocenters. The lowest BCUT2D eigenvalue weighted by Crippen LogP contribution is -2.18. The molecule has 1 heterocycles. The van der Waals surface area contributed by atoms with E-state index in [1.54, 1.807) is 0 Å². The summed E-state index contributed by atoms with van der Waals surface area (Å²) >= 11 is 3.55. The second-order valence-electron chi connectivity index (χ2n) is 6.06. The molecule has 1 aliphatic heterocycles. The molecule has 0 bridgehead atoms. The highest BCUT2D eigenvalue weighted by Gasteiger charge is 2.34. The van der Waals surface area contributed by atoms with Crippen LogP contribution in [0.2, 0.25) is 0 Å². The second kappa shape index (κ2) is 5.84. The first kappa shape index (κ1) is 14.9. The van der Waals surface area contributed by atoms with Crippen LogP contribution in [0.25, 0.3) is 0 Å². The van der Waals surface area contributed by atoms with Crippen molar-refractivity contribution in [2.45, 2.75) is 58.0 Å². The smallest absolute Gasteiger partial charge is 0.129 e. The average molecular weight is 327 g/mol. The highest BCUT2D eigenvalue weighted by atomic mass is 79.9. The summed E-state index contributed by atoms with van der Waals surface area (Å²) in [6.07, 6.45) is 3.78.